The third kappa shape index (κ3) is 5.74. The molecule has 7 nitrogen and oxygen atoms in total. The van der Waals surface area contributed by atoms with Gasteiger partial charge in [0.1, 0.15) is 16.5 Å². The predicted molar refractivity (Wildman–Crippen MR) is 115 cm³/mol. The van der Waals surface area contributed by atoms with E-state index in [4.69, 9.17) is 4.74 Å². The number of halogens is 1. The summed E-state index contributed by atoms with van der Waals surface area (Å²) < 4.78 is 46.2. The lowest BCUT2D eigenvalue weighted by molar-refractivity contribution is 0.102. The first-order valence-corrected chi connectivity index (χ1v) is 10.7. The Morgan fingerprint density at radius 1 is 1.16 bits per heavy atom. The average Bonchev–Trinajstić information content (AvgIpc) is 2.75. The number of nitrogens with one attached hydrogen (secondary N) is 2. The lowest BCUT2D eigenvalue weighted by atomic mass is 10.2. The van der Waals surface area contributed by atoms with Crippen LogP contribution in [0.15, 0.2) is 78.3 Å². The summed E-state index contributed by atoms with van der Waals surface area (Å²) in [4.78, 5) is 16.0. The number of amides is 1. The van der Waals surface area contributed by atoms with Crippen molar-refractivity contribution in [1.82, 2.24) is 9.71 Å². The number of rotatable bonds is 8. The third-order valence-corrected chi connectivity index (χ3v) is 5.58. The predicted octanol–water partition coefficient (Wildman–Crippen LogP) is 4.04. The number of carbonyl (C=O) groups excluding carboxylic acids is 1. The second-order valence-electron chi connectivity index (χ2n) is 6.54. The summed E-state index contributed by atoms with van der Waals surface area (Å²) in [5.74, 6) is -0.619. The quantitative estimate of drug-likeness (QED) is 0.514. The number of anilines is 1. The molecule has 2 N–H and O–H groups in total. The molecule has 0 aliphatic carbocycles. The van der Waals surface area contributed by atoms with Crippen LogP contribution in [0.3, 0.4) is 0 Å². The van der Waals surface area contributed by atoms with Crippen LogP contribution in [0.4, 0.5) is 10.1 Å². The summed E-state index contributed by atoms with van der Waals surface area (Å²) in [6, 6.07) is 13.7. The molecule has 0 spiro atoms. The van der Waals surface area contributed by atoms with Gasteiger partial charge in [-0.05, 0) is 43.3 Å². The molecule has 31 heavy (non-hydrogen) atoms. The standard InChI is InChI=1S/C22H20FN3O4S/c1-3-12-25-31(28,29)20-13-16(6-10-19(20)23)22(27)26-17-7-11-21(24-14-17)30-18-8-4-15(2)5-9-18/h3-11,13-14,25H,1,12H2,2H3,(H,26,27). The summed E-state index contributed by atoms with van der Waals surface area (Å²) in [6.07, 6.45) is 2.72. The Balaban J connectivity index is 1.72. The van der Waals surface area contributed by atoms with Gasteiger partial charge < -0.3 is 10.1 Å². The summed E-state index contributed by atoms with van der Waals surface area (Å²) in [5, 5.41) is 2.59. The Morgan fingerprint density at radius 2 is 1.90 bits per heavy atom. The number of pyridine rings is 1. The molecule has 0 aliphatic heterocycles. The van der Waals surface area contributed by atoms with Crippen LogP contribution in [-0.4, -0.2) is 25.9 Å². The van der Waals surface area contributed by atoms with Crippen molar-refractivity contribution in [1.29, 1.82) is 0 Å². The van der Waals surface area contributed by atoms with Crippen LogP contribution in [0.25, 0.3) is 0 Å². The molecule has 3 aromatic rings. The van der Waals surface area contributed by atoms with E-state index in [1.165, 1.54) is 18.3 Å². The molecule has 160 valence electrons. The Kier molecular flexibility index (Phi) is 6.78. The molecule has 0 aliphatic rings. The average molecular weight is 441 g/mol. The number of hydrogen-bond acceptors (Lipinski definition) is 5. The van der Waals surface area contributed by atoms with E-state index in [-0.39, 0.29) is 12.1 Å². The molecule has 0 radical (unpaired) electrons. The van der Waals surface area contributed by atoms with Crippen molar-refractivity contribution < 1.29 is 22.3 Å². The lowest BCUT2D eigenvalue weighted by Crippen LogP contribution is -2.25. The second-order valence-corrected chi connectivity index (χ2v) is 8.28. The zero-order valence-corrected chi connectivity index (χ0v) is 17.4. The molecule has 0 fully saturated rings. The maximum absolute atomic E-state index is 14.0. The first kappa shape index (κ1) is 22.1. The highest BCUT2D eigenvalue weighted by atomic mass is 32.2. The van der Waals surface area contributed by atoms with E-state index < -0.39 is 26.6 Å². The maximum atomic E-state index is 14.0. The van der Waals surface area contributed by atoms with Gasteiger partial charge in [-0.2, -0.15) is 0 Å². The number of carbonyl (C=O) groups is 1. The van der Waals surface area contributed by atoms with Gasteiger partial charge in [0.25, 0.3) is 5.91 Å². The Morgan fingerprint density at radius 3 is 2.55 bits per heavy atom. The van der Waals surface area contributed by atoms with Crippen molar-refractivity contribution >= 4 is 21.6 Å². The van der Waals surface area contributed by atoms with Gasteiger partial charge in [-0.3, -0.25) is 4.79 Å². The van der Waals surface area contributed by atoms with Crippen LogP contribution in [0.1, 0.15) is 15.9 Å². The Hall–Kier alpha value is -3.56. The third-order valence-electron chi connectivity index (χ3n) is 4.14. The monoisotopic (exact) mass is 441 g/mol. The minimum absolute atomic E-state index is 0.0274. The summed E-state index contributed by atoms with van der Waals surface area (Å²) in [5.41, 5.74) is 1.44. The van der Waals surface area contributed by atoms with E-state index in [1.54, 1.807) is 12.1 Å². The molecule has 0 unspecified atom stereocenters. The molecule has 0 bridgehead atoms. The lowest BCUT2D eigenvalue weighted by Gasteiger charge is -2.10. The molecule has 1 heterocycles. The number of benzene rings is 2. The molecule has 1 aromatic heterocycles. The summed E-state index contributed by atoms with van der Waals surface area (Å²) in [6.45, 7) is 5.31. The fourth-order valence-electron chi connectivity index (χ4n) is 2.54. The van der Waals surface area contributed by atoms with Gasteiger partial charge in [-0.15, -0.1) is 6.58 Å². The molecule has 3 rings (SSSR count). The minimum Gasteiger partial charge on any atom is -0.439 e. The van der Waals surface area contributed by atoms with E-state index in [9.17, 15) is 17.6 Å². The molecule has 0 saturated carbocycles. The zero-order chi connectivity index (χ0) is 22.4. The van der Waals surface area contributed by atoms with E-state index in [1.807, 2.05) is 31.2 Å². The van der Waals surface area contributed by atoms with Crippen molar-refractivity contribution in [2.75, 3.05) is 11.9 Å². The SMILES string of the molecule is C=CCNS(=O)(=O)c1cc(C(=O)Nc2ccc(Oc3ccc(C)cc3)nc2)ccc1F. The molecule has 9 heteroatoms. The second kappa shape index (κ2) is 9.50. The first-order chi connectivity index (χ1) is 14.8. The van der Waals surface area contributed by atoms with Crippen molar-refractivity contribution in [3.63, 3.8) is 0 Å². The highest BCUT2D eigenvalue weighted by Gasteiger charge is 2.20. The number of nitrogens with zero attached hydrogens (tertiary/aromatic N) is 1. The van der Waals surface area contributed by atoms with Gasteiger partial charge in [0.15, 0.2) is 0 Å². The van der Waals surface area contributed by atoms with Crippen LogP contribution >= 0.6 is 0 Å². The number of hydrogen-bond donors (Lipinski definition) is 2. The summed E-state index contributed by atoms with van der Waals surface area (Å²) in [7, 11) is -4.13. The molecular weight excluding hydrogens is 421 g/mol. The number of ether oxygens (including phenoxy) is 1. The highest BCUT2D eigenvalue weighted by Crippen LogP contribution is 2.22. The topological polar surface area (TPSA) is 97.4 Å². The van der Waals surface area contributed by atoms with E-state index in [0.717, 1.165) is 17.7 Å². The largest absolute Gasteiger partial charge is 0.439 e. The van der Waals surface area contributed by atoms with Crippen LogP contribution in [-0.2, 0) is 10.0 Å². The van der Waals surface area contributed by atoms with Gasteiger partial charge in [0.05, 0.1) is 11.9 Å². The number of aryl methyl sites for hydroxylation is 1. The summed E-state index contributed by atoms with van der Waals surface area (Å²) >= 11 is 0. The fourth-order valence-corrected chi connectivity index (χ4v) is 3.64. The van der Waals surface area contributed by atoms with E-state index in [0.29, 0.717) is 17.3 Å². The number of sulfonamides is 1. The van der Waals surface area contributed by atoms with Gasteiger partial charge in [0, 0.05) is 18.2 Å². The highest BCUT2D eigenvalue weighted by molar-refractivity contribution is 7.89. The van der Waals surface area contributed by atoms with Gasteiger partial charge in [0.2, 0.25) is 15.9 Å². The molecule has 1 amide bonds. The van der Waals surface area contributed by atoms with Crippen LogP contribution < -0.4 is 14.8 Å². The molecule has 0 saturated heterocycles. The Labute approximate surface area is 179 Å². The fraction of sp³-hybridized carbons (Fsp3) is 0.0909. The zero-order valence-electron chi connectivity index (χ0n) is 16.6. The van der Waals surface area contributed by atoms with Crippen molar-refractivity contribution in [3.8, 4) is 11.6 Å². The van der Waals surface area contributed by atoms with E-state index >= 15 is 0 Å². The minimum atomic E-state index is -4.13. The van der Waals surface area contributed by atoms with Crippen LogP contribution in [0.5, 0.6) is 11.6 Å². The molecule has 2 aromatic carbocycles. The van der Waals surface area contributed by atoms with Crippen LogP contribution in [0.2, 0.25) is 0 Å². The number of aromatic nitrogens is 1. The smallest absolute Gasteiger partial charge is 0.255 e. The molecular formula is C22H20FN3O4S. The normalized spacial score (nSPS) is 11.0. The van der Waals surface area contributed by atoms with Crippen molar-refractivity contribution in [3.05, 3.63) is 90.4 Å². The van der Waals surface area contributed by atoms with Crippen molar-refractivity contribution in [2.45, 2.75) is 11.8 Å². The van der Waals surface area contributed by atoms with Gasteiger partial charge in [-0.1, -0.05) is 23.8 Å². The molecule has 0 atom stereocenters. The van der Waals surface area contributed by atoms with Crippen molar-refractivity contribution in [2.24, 2.45) is 0 Å². The Bertz CT molecular complexity index is 1190. The first-order valence-electron chi connectivity index (χ1n) is 9.20. The van der Waals surface area contributed by atoms with Gasteiger partial charge in [-0.25, -0.2) is 22.5 Å². The maximum Gasteiger partial charge on any atom is 0.255 e. The van der Waals surface area contributed by atoms with Gasteiger partial charge >= 0.3 is 0 Å². The van der Waals surface area contributed by atoms with E-state index in [2.05, 4.69) is 21.6 Å². The van der Waals surface area contributed by atoms with Crippen LogP contribution in [0, 0.1) is 12.7 Å².